The van der Waals surface area contributed by atoms with E-state index in [0.717, 1.165) is 12.8 Å². The van der Waals surface area contributed by atoms with Crippen molar-refractivity contribution in [2.75, 3.05) is 25.0 Å². The van der Waals surface area contributed by atoms with Crippen molar-refractivity contribution < 1.29 is 14.5 Å². The first-order valence-corrected chi connectivity index (χ1v) is 9.26. The molecule has 1 aromatic heterocycles. The van der Waals surface area contributed by atoms with Gasteiger partial charge in [-0.15, -0.1) is 0 Å². The van der Waals surface area contributed by atoms with Crippen LogP contribution in [0.1, 0.15) is 33.6 Å². The fourth-order valence-corrected chi connectivity index (χ4v) is 3.28. The number of nitro groups is 1. The predicted octanol–water partition coefficient (Wildman–Crippen LogP) is 3.37. The van der Waals surface area contributed by atoms with Crippen LogP contribution in [0.4, 0.5) is 16.3 Å². The number of carbonyl (C=O) groups is 1. The van der Waals surface area contributed by atoms with Crippen molar-refractivity contribution in [1.29, 1.82) is 0 Å². The molecule has 0 radical (unpaired) electrons. The maximum absolute atomic E-state index is 12.5. The number of amides is 1. The minimum Gasteiger partial charge on any atom is -0.444 e. The number of likely N-dealkylation sites (N-methyl/N-ethyl adjacent to an activating group) is 1. The summed E-state index contributed by atoms with van der Waals surface area (Å²) in [6.45, 7) is 6.86. The molecule has 2 heterocycles. The topological polar surface area (TPSA) is 102 Å². The number of benzene rings is 1. The molecular formula is C19H25N5O4. The van der Waals surface area contributed by atoms with E-state index in [9.17, 15) is 14.9 Å². The van der Waals surface area contributed by atoms with Crippen LogP contribution < -0.4 is 4.90 Å². The summed E-state index contributed by atoms with van der Waals surface area (Å²) in [5.74, 6) is 0.650. The van der Waals surface area contributed by atoms with Crippen molar-refractivity contribution >= 4 is 28.6 Å². The van der Waals surface area contributed by atoms with Gasteiger partial charge < -0.3 is 14.5 Å². The molecule has 1 aliphatic heterocycles. The molecule has 9 nitrogen and oxygen atoms in total. The van der Waals surface area contributed by atoms with E-state index in [1.807, 2.05) is 32.7 Å². The van der Waals surface area contributed by atoms with Crippen molar-refractivity contribution in [3.8, 4) is 0 Å². The summed E-state index contributed by atoms with van der Waals surface area (Å²) in [6.07, 6.45) is 3.14. The van der Waals surface area contributed by atoms with E-state index in [0.29, 0.717) is 29.9 Å². The Morgan fingerprint density at radius 1 is 1.39 bits per heavy atom. The number of aromatic nitrogens is 2. The van der Waals surface area contributed by atoms with E-state index in [-0.39, 0.29) is 17.8 Å². The molecule has 1 fully saturated rings. The van der Waals surface area contributed by atoms with E-state index in [1.165, 1.54) is 12.1 Å². The van der Waals surface area contributed by atoms with Crippen LogP contribution in [-0.2, 0) is 4.74 Å². The molecule has 1 amide bonds. The van der Waals surface area contributed by atoms with Crippen LogP contribution in [0.15, 0.2) is 24.4 Å². The van der Waals surface area contributed by atoms with E-state index >= 15 is 0 Å². The Labute approximate surface area is 163 Å². The summed E-state index contributed by atoms with van der Waals surface area (Å²) >= 11 is 0. The second-order valence-electron chi connectivity index (χ2n) is 8.01. The van der Waals surface area contributed by atoms with Gasteiger partial charge in [-0.25, -0.2) is 9.78 Å². The highest BCUT2D eigenvalue weighted by molar-refractivity contribution is 5.78. The molecule has 9 heteroatoms. The second-order valence-corrected chi connectivity index (χ2v) is 8.01. The third-order valence-corrected chi connectivity index (χ3v) is 4.60. The standard InChI is InChI=1S/C19H25N5O4/c1-19(2,3)28-18(25)23-9-5-6-14(23)12-22(4)17-11-20-16-10-13(24(26)27)7-8-15(16)21-17/h7-8,10-11,14H,5-6,9,12H2,1-4H3/t14-/m1/s1. The van der Waals surface area contributed by atoms with Gasteiger partial charge in [0, 0.05) is 32.3 Å². The molecule has 1 atom stereocenters. The Morgan fingerprint density at radius 3 is 2.82 bits per heavy atom. The van der Waals surface area contributed by atoms with Crippen LogP contribution in [-0.4, -0.2) is 57.7 Å². The summed E-state index contributed by atoms with van der Waals surface area (Å²) in [7, 11) is 1.90. The lowest BCUT2D eigenvalue weighted by Crippen LogP contribution is -2.44. The largest absolute Gasteiger partial charge is 0.444 e. The SMILES string of the molecule is CN(C[C@H]1CCCN1C(=O)OC(C)(C)C)c1cnc2cc([N+](=O)[O-])ccc2n1. The number of non-ortho nitro benzene ring substituents is 1. The molecular weight excluding hydrogens is 362 g/mol. The number of rotatable bonds is 4. The van der Waals surface area contributed by atoms with Crippen molar-refractivity contribution in [2.24, 2.45) is 0 Å². The molecule has 0 saturated carbocycles. The molecule has 1 aromatic carbocycles. The zero-order valence-corrected chi connectivity index (χ0v) is 16.6. The number of nitro benzene ring substituents is 1. The number of hydrogen-bond acceptors (Lipinski definition) is 7. The second kappa shape index (κ2) is 7.57. The van der Waals surface area contributed by atoms with Gasteiger partial charge in [0.25, 0.3) is 5.69 Å². The zero-order chi connectivity index (χ0) is 20.5. The van der Waals surface area contributed by atoms with E-state index < -0.39 is 10.5 Å². The van der Waals surface area contributed by atoms with Gasteiger partial charge in [-0.05, 0) is 39.7 Å². The van der Waals surface area contributed by atoms with Crippen molar-refractivity contribution in [3.63, 3.8) is 0 Å². The number of likely N-dealkylation sites (tertiary alicyclic amines) is 1. The Hall–Kier alpha value is -2.97. The maximum Gasteiger partial charge on any atom is 0.410 e. The minimum atomic E-state index is -0.525. The molecule has 0 N–H and O–H groups in total. The monoisotopic (exact) mass is 387 g/mol. The highest BCUT2D eigenvalue weighted by atomic mass is 16.6. The summed E-state index contributed by atoms with van der Waals surface area (Å²) < 4.78 is 5.51. The van der Waals surface area contributed by atoms with Gasteiger partial charge in [-0.1, -0.05) is 0 Å². The maximum atomic E-state index is 12.5. The highest BCUT2D eigenvalue weighted by Gasteiger charge is 2.33. The predicted molar refractivity (Wildman–Crippen MR) is 105 cm³/mol. The Morgan fingerprint density at radius 2 is 2.14 bits per heavy atom. The Bertz CT molecular complexity index is 896. The number of carbonyl (C=O) groups excluding carboxylic acids is 1. The lowest BCUT2D eigenvalue weighted by atomic mass is 10.2. The first-order valence-electron chi connectivity index (χ1n) is 9.26. The van der Waals surface area contributed by atoms with Crippen LogP contribution in [0.25, 0.3) is 11.0 Å². The summed E-state index contributed by atoms with van der Waals surface area (Å²) in [5.41, 5.74) is 0.526. The molecule has 1 saturated heterocycles. The van der Waals surface area contributed by atoms with Gasteiger partial charge in [-0.2, -0.15) is 0 Å². The first kappa shape index (κ1) is 19.8. The fourth-order valence-electron chi connectivity index (χ4n) is 3.28. The molecule has 2 aromatic rings. The molecule has 1 aliphatic rings. The molecule has 0 spiro atoms. The van der Waals surface area contributed by atoms with Crippen molar-refractivity contribution in [1.82, 2.24) is 14.9 Å². The number of ether oxygens (including phenoxy) is 1. The third kappa shape index (κ3) is 4.47. The number of nitrogens with zero attached hydrogens (tertiary/aromatic N) is 5. The van der Waals surface area contributed by atoms with Gasteiger partial charge in [0.1, 0.15) is 11.4 Å². The summed E-state index contributed by atoms with van der Waals surface area (Å²) in [4.78, 5) is 35.5. The average Bonchev–Trinajstić information content (AvgIpc) is 3.07. The Kier molecular flexibility index (Phi) is 5.35. The molecule has 150 valence electrons. The third-order valence-electron chi connectivity index (χ3n) is 4.60. The quantitative estimate of drug-likeness (QED) is 0.585. The van der Waals surface area contributed by atoms with Gasteiger partial charge in [-0.3, -0.25) is 15.1 Å². The lowest BCUT2D eigenvalue weighted by molar-refractivity contribution is -0.384. The van der Waals surface area contributed by atoms with Crippen molar-refractivity contribution in [2.45, 2.75) is 45.3 Å². The normalized spacial score (nSPS) is 17.0. The molecule has 0 unspecified atom stereocenters. The molecule has 0 bridgehead atoms. The number of hydrogen-bond donors (Lipinski definition) is 0. The zero-order valence-electron chi connectivity index (χ0n) is 16.6. The number of anilines is 1. The minimum absolute atomic E-state index is 0.0122. The van der Waals surface area contributed by atoms with Gasteiger partial charge in [0.15, 0.2) is 0 Å². The number of fused-ring (bicyclic) bond motifs is 1. The van der Waals surface area contributed by atoms with E-state index in [1.54, 1.807) is 17.2 Å². The highest BCUT2D eigenvalue weighted by Crippen LogP contribution is 2.24. The van der Waals surface area contributed by atoms with Crippen LogP contribution in [0, 0.1) is 10.1 Å². The molecule has 3 rings (SSSR count). The van der Waals surface area contributed by atoms with Crippen LogP contribution >= 0.6 is 0 Å². The smallest absolute Gasteiger partial charge is 0.410 e. The lowest BCUT2D eigenvalue weighted by Gasteiger charge is -2.31. The van der Waals surface area contributed by atoms with Crippen LogP contribution in [0.2, 0.25) is 0 Å². The van der Waals surface area contributed by atoms with Gasteiger partial charge >= 0.3 is 6.09 Å². The average molecular weight is 387 g/mol. The van der Waals surface area contributed by atoms with Crippen LogP contribution in [0.5, 0.6) is 0 Å². The van der Waals surface area contributed by atoms with Gasteiger partial charge in [0.05, 0.1) is 28.2 Å². The first-order chi connectivity index (χ1) is 13.1. The summed E-state index contributed by atoms with van der Waals surface area (Å²) in [6, 6.07) is 4.46. The Balaban J connectivity index is 1.73. The van der Waals surface area contributed by atoms with E-state index in [2.05, 4.69) is 9.97 Å². The van der Waals surface area contributed by atoms with Gasteiger partial charge in [0.2, 0.25) is 0 Å². The molecule has 28 heavy (non-hydrogen) atoms. The van der Waals surface area contributed by atoms with E-state index in [4.69, 9.17) is 4.74 Å². The molecule has 0 aliphatic carbocycles. The fraction of sp³-hybridized carbons (Fsp3) is 0.526. The summed E-state index contributed by atoms with van der Waals surface area (Å²) in [5, 5.41) is 10.9. The van der Waals surface area contributed by atoms with Crippen molar-refractivity contribution in [3.05, 3.63) is 34.5 Å². The van der Waals surface area contributed by atoms with Crippen LogP contribution in [0.3, 0.4) is 0 Å².